The number of hydrogen-bond acceptors (Lipinski definition) is 6. The van der Waals surface area contributed by atoms with E-state index < -0.39 is 19.9 Å². The van der Waals surface area contributed by atoms with E-state index in [4.69, 9.17) is 11.6 Å². The fraction of sp³-hybridized carbons (Fsp3) is 0.588. The maximum absolute atomic E-state index is 12.7. The van der Waals surface area contributed by atoms with Gasteiger partial charge in [-0.05, 0) is 31.0 Å². The van der Waals surface area contributed by atoms with E-state index in [-0.39, 0.29) is 39.4 Å². The summed E-state index contributed by atoms with van der Waals surface area (Å²) in [7, 11) is -6.55. The summed E-state index contributed by atoms with van der Waals surface area (Å²) in [4.78, 5) is 14.3. The van der Waals surface area contributed by atoms with Gasteiger partial charge in [0, 0.05) is 39.1 Å². The van der Waals surface area contributed by atoms with Crippen LogP contribution in [0.5, 0.6) is 0 Å². The topological polar surface area (TPSA) is 104 Å². The molecule has 0 unspecified atom stereocenters. The Hall–Kier alpha value is -1.20. The molecule has 2 saturated heterocycles. The van der Waals surface area contributed by atoms with Gasteiger partial charge in [0.1, 0.15) is 0 Å². The standard InChI is InChI=1S/C17H24ClN3O5S2/c18-15-4-3-14(28(25,26)21-6-1-2-7-21)13-16(15)19-17(22)5-8-20-9-11-27(23,24)12-10-20/h3-4,13H,1-2,5-12H2,(H,19,22). The number of anilines is 1. The van der Waals surface area contributed by atoms with Crippen LogP contribution in [0, 0.1) is 0 Å². The van der Waals surface area contributed by atoms with Crippen LogP contribution in [0.25, 0.3) is 0 Å². The molecule has 1 amide bonds. The molecule has 0 radical (unpaired) electrons. The van der Waals surface area contributed by atoms with E-state index in [1.54, 1.807) is 0 Å². The summed E-state index contributed by atoms with van der Waals surface area (Å²) in [6, 6.07) is 4.30. The van der Waals surface area contributed by atoms with Gasteiger partial charge in [-0.2, -0.15) is 4.31 Å². The quantitative estimate of drug-likeness (QED) is 0.699. The van der Waals surface area contributed by atoms with Crippen molar-refractivity contribution in [2.24, 2.45) is 0 Å². The van der Waals surface area contributed by atoms with E-state index in [1.807, 2.05) is 4.90 Å². The summed E-state index contributed by atoms with van der Waals surface area (Å²) < 4.78 is 49.7. The molecule has 2 heterocycles. The van der Waals surface area contributed by atoms with Crippen molar-refractivity contribution in [2.75, 3.05) is 49.5 Å². The van der Waals surface area contributed by atoms with E-state index in [1.165, 1.54) is 22.5 Å². The number of amides is 1. The molecule has 0 bridgehead atoms. The van der Waals surface area contributed by atoms with Crippen molar-refractivity contribution in [3.8, 4) is 0 Å². The van der Waals surface area contributed by atoms with Crippen LogP contribution in [0.2, 0.25) is 5.02 Å². The molecule has 0 aromatic heterocycles. The molecular formula is C17H24ClN3O5S2. The lowest BCUT2D eigenvalue weighted by Gasteiger charge is -2.26. The molecule has 1 N–H and O–H groups in total. The summed E-state index contributed by atoms with van der Waals surface area (Å²) in [5, 5.41) is 2.93. The number of sulfone groups is 1. The Kier molecular flexibility index (Phi) is 6.65. The van der Waals surface area contributed by atoms with E-state index in [0.29, 0.717) is 32.7 Å². The molecule has 0 saturated carbocycles. The molecule has 2 fully saturated rings. The SMILES string of the molecule is O=C(CCN1CCS(=O)(=O)CC1)Nc1cc(S(=O)(=O)N2CCCC2)ccc1Cl. The average Bonchev–Trinajstić information content (AvgIpc) is 3.18. The summed E-state index contributed by atoms with van der Waals surface area (Å²) in [6.07, 6.45) is 1.85. The van der Waals surface area contributed by atoms with Crippen LogP contribution in [-0.2, 0) is 24.7 Å². The van der Waals surface area contributed by atoms with Crippen LogP contribution in [0.4, 0.5) is 5.69 Å². The van der Waals surface area contributed by atoms with Gasteiger partial charge >= 0.3 is 0 Å². The minimum absolute atomic E-state index is 0.107. The average molecular weight is 450 g/mol. The van der Waals surface area contributed by atoms with Crippen LogP contribution in [0.3, 0.4) is 0 Å². The van der Waals surface area contributed by atoms with Crippen molar-refractivity contribution in [1.29, 1.82) is 0 Å². The highest BCUT2D eigenvalue weighted by Crippen LogP contribution is 2.28. The Morgan fingerprint density at radius 1 is 1.11 bits per heavy atom. The van der Waals surface area contributed by atoms with Crippen LogP contribution >= 0.6 is 11.6 Å². The van der Waals surface area contributed by atoms with E-state index >= 15 is 0 Å². The predicted molar refractivity (Wildman–Crippen MR) is 108 cm³/mol. The number of nitrogens with one attached hydrogen (secondary N) is 1. The van der Waals surface area contributed by atoms with Crippen molar-refractivity contribution in [3.05, 3.63) is 23.2 Å². The lowest BCUT2D eigenvalue weighted by molar-refractivity contribution is -0.116. The second-order valence-electron chi connectivity index (χ2n) is 7.04. The fourth-order valence-electron chi connectivity index (χ4n) is 3.28. The maximum atomic E-state index is 12.7. The van der Waals surface area contributed by atoms with Crippen molar-refractivity contribution < 1.29 is 21.6 Å². The van der Waals surface area contributed by atoms with Gasteiger partial charge in [-0.3, -0.25) is 4.79 Å². The molecule has 8 nitrogen and oxygen atoms in total. The molecule has 1 aromatic carbocycles. The first-order valence-corrected chi connectivity index (χ1v) is 12.8. The van der Waals surface area contributed by atoms with Crippen molar-refractivity contribution in [2.45, 2.75) is 24.2 Å². The van der Waals surface area contributed by atoms with Crippen molar-refractivity contribution in [3.63, 3.8) is 0 Å². The third-order valence-electron chi connectivity index (χ3n) is 5.01. The molecule has 0 atom stereocenters. The Bertz CT molecular complexity index is 930. The lowest BCUT2D eigenvalue weighted by Crippen LogP contribution is -2.41. The number of hydrogen-bond donors (Lipinski definition) is 1. The predicted octanol–water partition coefficient (Wildman–Crippen LogP) is 1.18. The van der Waals surface area contributed by atoms with Gasteiger partial charge in [0.25, 0.3) is 0 Å². The van der Waals surface area contributed by atoms with E-state index in [0.717, 1.165) is 12.8 Å². The van der Waals surface area contributed by atoms with Crippen LogP contribution in [-0.4, -0.2) is 76.2 Å². The molecule has 156 valence electrons. The van der Waals surface area contributed by atoms with Gasteiger partial charge in [-0.25, -0.2) is 16.8 Å². The smallest absolute Gasteiger partial charge is 0.243 e. The van der Waals surface area contributed by atoms with Gasteiger partial charge in [0.2, 0.25) is 15.9 Å². The fourth-order valence-corrected chi connectivity index (χ4v) is 6.27. The molecule has 1 aromatic rings. The van der Waals surface area contributed by atoms with Crippen LogP contribution in [0.15, 0.2) is 23.1 Å². The number of halogens is 1. The van der Waals surface area contributed by atoms with Gasteiger partial charge in [0.05, 0.1) is 27.1 Å². The Labute approximate surface area is 170 Å². The van der Waals surface area contributed by atoms with Gasteiger partial charge in [-0.15, -0.1) is 0 Å². The zero-order valence-electron chi connectivity index (χ0n) is 15.4. The monoisotopic (exact) mass is 449 g/mol. The summed E-state index contributed by atoms with van der Waals surface area (Å²) in [5.74, 6) is -0.0840. The number of rotatable bonds is 6. The van der Waals surface area contributed by atoms with Gasteiger partial charge in [-0.1, -0.05) is 11.6 Å². The molecule has 2 aliphatic heterocycles. The largest absolute Gasteiger partial charge is 0.325 e. The lowest BCUT2D eigenvalue weighted by atomic mass is 10.3. The zero-order chi connectivity index (χ0) is 20.4. The molecule has 2 aliphatic rings. The molecule has 3 rings (SSSR count). The molecule has 28 heavy (non-hydrogen) atoms. The number of carbonyl (C=O) groups excluding carboxylic acids is 1. The second kappa shape index (κ2) is 8.66. The van der Waals surface area contributed by atoms with Crippen LogP contribution < -0.4 is 5.32 Å². The first-order valence-electron chi connectivity index (χ1n) is 9.20. The van der Waals surface area contributed by atoms with Gasteiger partial charge in [0.15, 0.2) is 9.84 Å². The summed E-state index contributed by atoms with van der Waals surface area (Å²) in [6.45, 7) is 2.26. The zero-order valence-corrected chi connectivity index (χ0v) is 17.8. The third kappa shape index (κ3) is 5.24. The first-order chi connectivity index (χ1) is 13.2. The Balaban J connectivity index is 1.61. The van der Waals surface area contributed by atoms with Crippen molar-refractivity contribution >= 4 is 43.1 Å². The highest BCUT2D eigenvalue weighted by atomic mass is 35.5. The first kappa shape index (κ1) is 21.5. The maximum Gasteiger partial charge on any atom is 0.243 e. The minimum atomic E-state index is -3.60. The second-order valence-corrected chi connectivity index (χ2v) is 11.7. The highest BCUT2D eigenvalue weighted by Gasteiger charge is 2.28. The minimum Gasteiger partial charge on any atom is -0.325 e. The Morgan fingerprint density at radius 2 is 1.75 bits per heavy atom. The van der Waals surface area contributed by atoms with Gasteiger partial charge < -0.3 is 10.2 Å². The summed E-state index contributed by atoms with van der Waals surface area (Å²) in [5.41, 5.74) is 0.258. The van der Waals surface area contributed by atoms with Crippen LogP contribution in [0.1, 0.15) is 19.3 Å². The number of sulfonamides is 1. The number of carbonyl (C=O) groups is 1. The highest BCUT2D eigenvalue weighted by molar-refractivity contribution is 7.91. The molecule has 0 aliphatic carbocycles. The number of nitrogens with zero attached hydrogens (tertiary/aromatic N) is 2. The normalized spacial score (nSPS) is 20.9. The molecule has 0 spiro atoms. The number of benzene rings is 1. The van der Waals surface area contributed by atoms with E-state index in [2.05, 4.69) is 5.32 Å². The third-order valence-corrected chi connectivity index (χ3v) is 8.84. The van der Waals surface area contributed by atoms with Crippen molar-refractivity contribution in [1.82, 2.24) is 9.21 Å². The molecular weight excluding hydrogens is 426 g/mol. The van der Waals surface area contributed by atoms with E-state index in [9.17, 15) is 21.6 Å². The molecule has 11 heteroatoms. The Morgan fingerprint density at radius 3 is 2.39 bits per heavy atom. The summed E-state index contributed by atoms with van der Waals surface area (Å²) >= 11 is 6.13.